The van der Waals surface area contributed by atoms with Gasteiger partial charge in [0.25, 0.3) is 0 Å². The lowest BCUT2D eigenvalue weighted by atomic mass is 10.1. The maximum Gasteiger partial charge on any atom is 0.224 e. The third-order valence-electron chi connectivity index (χ3n) is 3.56. The SMILES string of the molecule is CCc1cccc(C)c1NC(=O)CCCOc1ccccc1. The van der Waals surface area contributed by atoms with E-state index in [0.29, 0.717) is 19.4 Å². The Morgan fingerprint density at radius 1 is 1.09 bits per heavy atom. The quantitative estimate of drug-likeness (QED) is 0.771. The Bertz CT molecular complexity index is 608. The molecule has 0 aliphatic carbocycles. The highest BCUT2D eigenvalue weighted by atomic mass is 16.5. The Labute approximate surface area is 132 Å². The summed E-state index contributed by atoms with van der Waals surface area (Å²) in [6.07, 6.45) is 2.08. The van der Waals surface area contributed by atoms with Crippen molar-refractivity contribution in [2.45, 2.75) is 33.1 Å². The van der Waals surface area contributed by atoms with Crippen molar-refractivity contribution in [2.24, 2.45) is 0 Å². The Balaban J connectivity index is 1.79. The van der Waals surface area contributed by atoms with Crippen molar-refractivity contribution < 1.29 is 9.53 Å². The molecule has 0 spiro atoms. The van der Waals surface area contributed by atoms with Gasteiger partial charge in [0.05, 0.1) is 6.61 Å². The predicted octanol–water partition coefficient (Wildman–Crippen LogP) is 4.36. The van der Waals surface area contributed by atoms with E-state index in [1.165, 1.54) is 5.56 Å². The van der Waals surface area contributed by atoms with Crippen LogP contribution in [0, 0.1) is 6.92 Å². The molecule has 0 fully saturated rings. The van der Waals surface area contributed by atoms with E-state index in [2.05, 4.69) is 18.3 Å². The van der Waals surface area contributed by atoms with E-state index in [1.807, 2.05) is 49.4 Å². The molecular formula is C19H23NO2. The van der Waals surface area contributed by atoms with Gasteiger partial charge in [0.15, 0.2) is 0 Å². The lowest BCUT2D eigenvalue weighted by Crippen LogP contribution is -2.15. The number of hydrogen-bond donors (Lipinski definition) is 1. The molecule has 3 heteroatoms. The molecule has 3 nitrogen and oxygen atoms in total. The number of hydrogen-bond acceptors (Lipinski definition) is 2. The summed E-state index contributed by atoms with van der Waals surface area (Å²) in [7, 11) is 0. The molecule has 2 rings (SSSR count). The van der Waals surface area contributed by atoms with Crippen molar-refractivity contribution in [1.29, 1.82) is 0 Å². The third-order valence-corrected chi connectivity index (χ3v) is 3.56. The van der Waals surface area contributed by atoms with E-state index in [4.69, 9.17) is 4.74 Å². The van der Waals surface area contributed by atoms with Gasteiger partial charge in [-0.2, -0.15) is 0 Å². The number of benzene rings is 2. The number of nitrogens with one attached hydrogen (secondary N) is 1. The number of carbonyl (C=O) groups excluding carboxylic acids is 1. The Hall–Kier alpha value is -2.29. The standard InChI is InChI=1S/C19H23NO2/c1-3-16-10-7-9-15(2)19(16)20-18(21)13-8-14-22-17-11-5-4-6-12-17/h4-7,9-12H,3,8,13-14H2,1-2H3,(H,20,21). The van der Waals surface area contributed by atoms with Crippen molar-refractivity contribution in [3.8, 4) is 5.75 Å². The molecule has 0 aliphatic heterocycles. The second kappa shape index (κ2) is 8.23. The summed E-state index contributed by atoms with van der Waals surface area (Å²) < 4.78 is 5.60. The first-order valence-electron chi connectivity index (χ1n) is 7.77. The van der Waals surface area contributed by atoms with Crippen molar-refractivity contribution in [2.75, 3.05) is 11.9 Å². The van der Waals surface area contributed by atoms with Gasteiger partial charge < -0.3 is 10.1 Å². The fourth-order valence-corrected chi connectivity index (χ4v) is 2.34. The summed E-state index contributed by atoms with van der Waals surface area (Å²) in [6, 6.07) is 15.8. The van der Waals surface area contributed by atoms with E-state index in [-0.39, 0.29) is 5.91 Å². The van der Waals surface area contributed by atoms with Gasteiger partial charge in [-0.3, -0.25) is 4.79 Å². The first kappa shape index (κ1) is 16.1. The molecule has 2 aromatic carbocycles. The largest absolute Gasteiger partial charge is 0.494 e. The number of ether oxygens (including phenoxy) is 1. The fraction of sp³-hybridized carbons (Fsp3) is 0.316. The van der Waals surface area contributed by atoms with Crippen LogP contribution in [0.4, 0.5) is 5.69 Å². The zero-order chi connectivity index (χ0) is 15.8. The molecule has 0 radical (unpaired) electrons. The first-order valence-corrected chi connectivity index (χ1v) is 7.77. The lowest BCUT2D eigenvalue weighted by Gasteiger charge is -2.13. The molecule has 116 valence electrons. The van der Waals surface area contributed by atoms with Gasteiger partial charge in [0.1, 0.15) is 5.75 Å². The lowest BCUT2D eigenvalue weighted by molar-refractivity contribution is -0.116. The third kappa shape index (κ3) is 4.62. The molecule has 0 heterocycles. The van der Waals surface area contributed by atoms with Crippen LogP contribution >= 0.6 is 0 Å². The van der Waals surface area contributed by atoms with Crippen LogP contribution in [0.15, 0.2) is 48.5 Å². The van der Waals surface area contributed by atoms with Crippen LogP contribution in [0.1, 0.15) is 30.9 Å². The Morgan fingerprint density at radius 2 is 1.86 bits per heavy atom. The van der Waals surface area contributed by atoms with Crippen molar-refractivity contribution in [1.82, 2.24) is 0 Å². The maximum absolute atomic E-state index is 12.1. The van der Waals surface area contributed by atoms with Crippen LogP contribution < -0.4 is 10.1 Å². The van der Waals surface area contributed by atoms with Crippen LogP contribution in [0.25, 0.3) is 0 Å². The van der Waals surface area contributed by atoms with Gasteiger partial charge in [-0.1, -0.05) is 43.3 Å². The van der Waals surface area contributed by atoms with Crippen LogP contribution in [0.3, 0.4) is 0 Å². The highest BCUT2D eigenvalue weighted by Crippen LogP contribution is 2.21. The van der Waals surface area contributed by atoms with Gasteiger partial charge in [0, 0.05) is 12.1 Å². The van der Waals surface area contributed by atoms with Gasteiger partial charge >= 0.3 is 0 Å². The molecule has 22 heavy (non-hydrogen) atoms. The van der Waals surface area contributed by atoms with Crippen molar-refractivity contribution in [3.63, 3.8) is 0 Å². The van der Waals surface area contributed by atoms with Gasteiger partial charge in [-0.25, -0.2) is 0 Å². The van der Waals surface area contributed by atoms with Crippen LogP contribution in [-0.4, -0.2) is 12.5 Å². The molecule has 0 saturated heterocycles. The van der Waals surface area contributed by atoms with Gasteiger partial charge in [-0.15, -0.1) is 0 Å². The molecular weight excluding hydrogens is 274 g/mol. The molecule has 2 aromatic rings. The molecule has 0 saturated carbocycles. The summed E-state index contributed by atoms with van der Waals surface area (Å²) in [5, 5.41) is 3.03. The summed E-state index contributed by atoms with van der Waals surface area (Å²) in [5.41, 5.74) is 3.24. The van der Waals surface area contributed by atoms with Crippen molar-refractivity contribution >= 4 is 11.6 Å². The van der Waals surface area contributed by atoms with Crippen LogP contribution in [0.5, 0.6) is 5.75 Å². The second-order valence-corrected chi connectivity index (χ2v) is 5.28. The molecule has 0 unspecified atom stereocenters. The average Bonchev–Trinajstić information content (AvgIpc) is 2.54. The fourth-order valence-electron chi connectivity index (χ4n) is 2.34. The molecule has 0 bridgehead atoms. The average molecular weight is 297 g/mol. The van der Waals surface area contributed by atoms with Crippen LogP contribution in [-0.2, 0) is 11.2 Å². The smallest absolute Gasteiger partial charge is 0.224 e. The molecule has 0 atom stereocenters. The molecule has 0 aliphatic rings. The van der Waals surface area contributed by atoms with Gasteiger partial charge in [-0.05, 0) is 43.0 Å². The second-order valence-electron chi connectivity index (χ2n) is 5.28. The van der Waals surface area contributed by atoms with Crippen molar-refractivity contribution in [3.05, 3.63) is 59.7 Å². The highest BCUT2D eigenvalue weighted by molar-refractivity contribution is 5.92. The monoisotopic (exact) mass is 297 g/mol. The van der Waals surface area contributed by atoms with Crippen LogP contribution in [0.2, 0.25) is 0 Å². The van der Waals surface area contributed by atoms with E-state index in [0.717, 1.165) is 23.4 Å². The number of anilines is 1. The highest BCUT2D eigenvalue weighted by Gasteiger charge is 2.08. The minimum Gasteiger partial charge on any atom is -0.494 e. The Morgan fingerprint density at radius 3 is 2.59 bits per heavy atom. The van der Waals surface area contributed by atoms with E-state index >= 15 is 0 Å². The summed E-state index contributed by atoms with van der Waals surface area (Å²) in [4.78, 5) is 12.1. The maximum atomic E-state index is 12.1. The summed E-state index contributed by atoms with van der Waals surface area (Å²) >= 11 is 0. The van der Waals surface area contributed by atoms with Gasteiger partial charge in [0.2, 0.25) is 5.91 Å². The zero-order valence-corrected chi connectivity index (χ0v) is 13.3. The Kier molecular flexibility index (Phi) is 6.01. The number of amides is 1. The minimum atomic E-state index is 0.0423. The zero-order valence-electron chi connectivity index (χ0n) is 13.3. The van der Waals surface area contributed by atoms with E-state index in [1.54, 1.807) is 0 Å². The van der Waals surface area contributed by atoms with E-state index < -0.39 is 0 Å². The van der Waals surface area contributed by atoms with E-state index in [9.17, 15) is 4.79 Å². The predicted molar refractivity (Wildman–Crippen MR) is 90.4 cm³/mol. The normalized spacial score (nSPS) is 10.3. The number of para-hydroxylation sites is 2. The first-order chi connectivity index (χ1) is 10.7. The summed E-state index contributed by atoms with van der Waals surface area (Å²) in [6.45, 7) is 4.66. The minimum absolute atomic E-state index is 0.0423. The number of carbonyl (C=O) groups is 1. The molecule has 1 amide bonds. The number of rotatable bonds is 7. The summed E-state index contributed by atoms with van der Waals surface area (Å²) in [5.74, 6) is 0.885. The molecule has 0 aromatic heterocycles. The molecule has 1 N–H and O–H groups in total. The topological polar surface area (TPSA) is 38.3 Å². The number of aryl methyl sites for hydroxylation is 2.